The van der Waals surface area contributed by atoms with Crippen molar-refractivity contribution in [1.82, 2.24) is 16.0 Å². The van der Waals surface area contributed by atoms with Gasteiger partial charge in [-0.1, -0.05) is 38.5 Å². The van der Waals surface area contributed by atoms with Gasteiger partial charge in [0.15, 0.2) is 0 Å². The highest BCUT2D eigenvalue weighted by molar-refractivity contribution is 5.76. The lowest BCUT2D eigenvalue weighted by Gasteiger charge is -2.30. The molecule has 0 saturated heterocycles. The first-order valence-electron chi connectivity index (χ1n) is 10.6. The van der Waals surface area contributed by atoms with E-state index in [1.54, 1.807) is 0 Å². The van der Waals surface area contributed by atoms with E-state index in [1.165, 1.54) is 38.5 Å². The van der Waals surface area contributed by atoms with Crippen LogP contribution in [0.15, 0.2) is 0 Å². The number of aliphatic hydroxyl groups excluding tert-OH is 1. The largest absolute Gasteiger partial charge is 0.396 e. The second-order valence-electron chi connectivity index (χ2n) is 7.92. The minimum Gasteiger partial charge on any atom is -0.396 e. The fraction of sp³-hybridized carbons (Fsp3) is 0.900. The Morgan fingerprint density at radius 1 is 0.962 bits per heavy atom. The van der Waals surface area contributed by atoms with Gasteiger partial charge in [0, 0.05) is 31.7 Å². The number of carbonyl (C=O) groups excluding carboxylic acids is 2. The zero-order valence-electron chi connectivity index (χ0n) is 16.1. The van der Waals surface area contributed by atoms with Crippen molar-refractivity contribution in [3.63, 3.8) is 0 Å². The van der Waals surface area contributed by atoms with Crippen LogP contribution in [0.5, 0.6) is 0 Å². The summed E-state index contributed by atoms with van der Waals surface area (Å²) in [5.41, 5.74) is 0. The summed E-state index contributed by atoms with van der Waals surface area (Å²) >= 11 is 0. The van der Waals surface area contributed by atoms with E-state index in [4.69, 9.17) is 0 Å². The summed E-state index contributed by atoms with van der Waals surface area (Å²) in [4.78, 5) is 24.1. The van der Waals surface area contributed by atoms with E-state index in [-0.39, 0.29) is 24.6 Å². The number of hydrogen-bond donors (Lipinski definition) is 4. The summed E-state index contributed by atoms with van der Waals surface area (Å²) in [5, 5.41) is 18.3. The van der Waals surface area contributed by atoms with E-state index in [0.29, 0.717) is 37.8 Å². The zero-order chi connectivity index (χ0) is 18.6. The van der Waals surface area contributed by atoms with E-state index < -0.39 is 0 Å². The number of rotatable bonds is 9. The molecule has 6 nitrogen and oxygen atoms in total. The van der Waals surface area contributed by atoms with Gasteiger partial charge in [0.25, 0.3) is 0 Å². The maximum Gasteiger partial charge on any atom is 0.315 e. The average molecular weight is 368 g/mol. The summed E-state index contributed by atoms with van der Waals surface area (Å²) in [7, 11) is 0. The Balaban J connectivity index is 1.58. The smallest absolute Gasteiger partial charge is 0.315 e. The van der Waals surface area contributed by atoms with Crippen LogP contribution >= 0.6 is 0 Å². The third-order valence-electron chi connectivity index (χ3n) is 5.81. The molecule has 2 aliphatic carbocycles. The SMILES string of the molecule is O=C(CCCNC(=O)NC1CCCCC1)NC(CCO)C1CCCCC1. The van der Waals surface area contributed by atoms with Crippen LogP contribution in [0.2, 0.25) is 0 Å². The lowest BCUT2D eigenvalue weighted by molar-refractivity contribution is -0.122. The fourth-order valence-electron chi connectivity index (χ4n) is 4.31. The molecule has 0 bridgehead atoms. The van der Waals surface area contributed by atoms with Crippen molar-refractivity contribution < 1.29 is 14.7 Å². The summed E-state index contributed by atoms with van der Waals surface area (Å²) < 4.78 is 0. The van der Waals surface area contributed by atoms with Crippen LogP contribution in [0.1, 0.15) is 83.5 Å². The van der Waals surface area contributed by atoms with E-state index >= 15 is 0 Å². The number of urea groups is 1. The first-order valence-corrected chi connectivity index (χ1v) is 10.6. The average Bonchev–Trinajstić information content (AvgIpc) is 2.66. The molecule has 2 saturated carbocycles. The normalized spacial score (nSPS) is 20.3. The van der Waals surface area contributed by atoms with Crippen molar-refractivity contribution in [2.24, 2.45) is 5.92 Å². The Kier molecular flexibility index (Phi) is 9.82. The number of aliphatic hydroxyl groups is 1. The highest BCUT2D eigenvalue weighted by Gasteiger charge is 2.24. The van der Waals surface area contributed by atoms with Gasteiger partial charge < -0.3 is 21.1 Å². The van der Waals surface area contributed by atoms with Crippen molar-refractivity contribution in [2.45, 2.75) is 95.6 Å². The zero-order valence-corrected chi connectivity index (χ0v) is 16.1. The molecule has 2 fully saturated rings. The standard InChI is InChI=1S/C20H37N3O3/c24-15-13-18(16-8-3-1-4-9-16)23-19(25)12-7-14-21-20(26)22-17-10-5-2-6-11-17/h16-18,24H,1-15H2,(H,23,25)(H2,21,22,26). The molecule has 0 radical (unpaired) electrons. The number of amides is 3. The highest BCUT2D eigenvalue weighted by Crippen LogP contribution is 2.27. The Bertz CT molecular complexity index is 419. The minimum absolute atomic E-state index is 0.0310. The molecule has 1 atom stereocenters. The van der Waals surface area contributed by atoms with Gasteiger partial charge in [0.1, 0.15) is 0 Å². The Hall–Kier alpha value is -1.30. The molecule has 2 aliphatic rings. The van der Waals surface area contributed by atoms with E-state index in [2.05, 4.69) is 16.0 Å². The monoisotopic (exact) mass is 367 g/mol. The molecule has 26 heavy (non-hydrogen) atoms. The predicted octanol–water partition coefficient (Wildman–Crippen LogP) is 2.85. The molecule has 0 aromatic rings. The van der Waals surface area contributed by atoms with E-state index in [1.807, 2.05) is 0 Å². The molecule has 3 amide bonds. The Morgan fingerprint density at radius 2 is 1.62 bits per heavy atom. The van der Waals surface area contributed by atoms with Gasteiger partial charge >= 0.3 is 6.03 Å². The summed E-state index contributed by atoms with van der Waals surface area (Å²) in [6.07, 6.45) is 13.5. The molecule has 0 aromatic carbocycles. The molecule has 150 valence electrons. The first kappa shape index (κ1) is 21.0. The summed E-state index contributed by atoms with van der Waals surface area (Å²) in [5.74, 6) is 0.530. The second kappa shape index (κ2) is 12.2. The van der Waals surface area contributed by atoms with Crippen molar-refractivity contribution in [2.75, 3.05) is 13.2 Å². The molecule has 0 aliphatic heterocycles. The van der Waals surface area contributed by atoms with Gasteiger partial charge in [0.2, 0.25) is 5.91 Å². The third-order valence-corrected chi connectivity index (χ3v) is 5.81. The summed E-state index contributed by atoms with van der Waals surface area (Å²) in [6, 6.07) is 0.287. The van der Waals surface area contributed by atoms with Crippen molar-refractivity contribution in [3.05, 3.63) is 0 Å². The van der Waals surface area contributed by atoms with Crippen LogP contribution in [0.3, 0.4) is 0 Å². The molecule has 4 N–H and O–H groups in total. The topological polar surface area (TPSA) is 90.5 Å². The van der Waals surface area contributed by atoms with Crippen molar-refractivity contribution >= 4 is 11.9 Å². The molecule has 6 heteroatoms. The first-order chi connectivity index (χ1) is 12.7. The van der Waals surface area contributed by atoms with Crippen LogP contribution in [-0.2, 0) is 4.79 Å². The van der Waals surface area contributed by atoms with Crippen molar-refractivity contribution in [3.8, 4) is 0 Å². The molecular weight excluding hydrogens is 330 g/mol. The van der Waals surface area contributed by atoms with Crippen LogP contribution in [0.25, 0.3) is 0 Å². The summed E-state index contributed by atoms with van der Waals surface area (Å²) in [6.45, 7) is 0.629. The molecule has 2 rings (SSSR count). The molecule has 1 unspecified atom stereocenters. The van der Waals surface area contributed by atoms with Crippen LogP contribution in [0.4, 0.5) is 4.79 Å². The lowest BCUT2D eigenvalue weighted by atomic mass is 9.82. The third kappa shape index (κ3) is 7.94. The second-order valence-corrected chi connectivity index (χ2v) is 7.92. The van der Waals surface area contributed by atoms with Gasteiger partial charge in [-0.3, -0.25) is 4.79 Å². The van der Waals surface area contributed by atoms with Gasteiger partial charge in [-0.15, -0.1) is 0 Å². The molecular formula is C20H37N3O3. The lowest BCUT2D eigenvalue weighted by Crippen LogP contribution is -2.44. The van der Waals surface area contributed by atoms with Gasteiger partial charge in [-0.2, -0.15) is 0 Å². The van der Waals surface area contributed by atoms with Crippen LogP contribution < -0.4 is 16.0 Å². The molecule has 0 heterocycles. The Morgan fingerprint density at radius 3 is 2.27 bits per heavy atom. The maximum atomic E-state index is 12.2. The van der Waals surface area contributed by atoms with Gasteiger partial charge in [-0.25, -0.2) is 4.79 Å². The van der Waals surface area contributed by atoms with Gasteiger partial charge in [-0.05, 0) is 44.4 Å². The molecule has 0 spiro atoms. The van der Waals surface area contributed by atoms with E-state index in [0.717, 1.165) is 25.7 Å². The highest BCUT2D eigenvalue weighted by atomic mass is 16.3. The maximum absolute atomic E-state index is 12.2. The Labute approximate surface area is 157 Å². The van der Waals surface area contributed by atoms with E-state index in [9.17, 15) is 14.7 Å². The molecule has 0 aromatic heterocycles. The number of carbonyl (C=O) groups is 2. The minimum atomic E-state index is -0.113. The number of nitrogens with one attached hydrogen (secondary N) is 3. The quantitative estimate of drug-likeness (QED) is 0.472. The van der Waals surface area contributed by atoms with Crippen molar-refractivity contribution in [1.29, 1.82) is 0 Å². The number of hydrogen-bond acceptors (Lipinski definition) is 3. The van der Waals surface area contributed by atoms with Gasteiger partial charge in [0.05, 0.1) is 0 Å². The van der Waals surface area contributed by atoms with Crippen LogP contribution in [-0.4, -0.2) is 42.3 Å². The fourth-order valence-corrected chi connectivity index (χ4v) is 4.31. The van der Waals surface area contributed by atoms with Crippen LogP contribution in [0, 0.1) is 5.92 Å². The predicted molar refractivity (Wildman–Crippen MR) is 103 cm³/mol.